The van der Waals surface area contributed by atoms with Gasteiger partial charge in [0, 0.05) is 15.4 Å². The Kier molecular flexibility index (Phi) is 3.52. The summed E-state index contributed by atoms with van der Waals surface area (Å²) in [5.41, 5.74) is 2.13. The molecule has 0 atom stereocenters. The Morgan fingerprint density at radius 3 is 2.50 bits per heavy atom. The minimum Gasteiger partial charge on any atom is -0.235 e. The fourth-order valence-electron chi connectivity index (χ4n) is 1.56. The molecule has 0 saturated heterocycles. The van der Waals surface area contributed by atoms with Crippen molar-refractivity contribution in [2.75, 3.05) is 0 Å². The molecular formula is C13H7BrClNS2. The molecule has 2 heterocycles. The van der Waals surface area contributed by atoms with Crippen LogP contribution in [0.3, 0.4) is 0 Å². The zero-order chi connectivity index (χ0) is 12.5. The summed E-state index contributed by atoms with van der Waals surface area (Å²) >= 11 is 12.6. The maximum atomic E-state index is 5.94. The quantitative estimate of drug-likeness (QED) is 0.552. The molecule has 1 nitrogen and oxygen atoms in total. The van der Waals surface area contributed by atoms with E-state index in [1.807, 2.05) is 24.3 Å². The lowest BCUT2D eigenvalue weighted by Gasteiger charge is -1.95. The molecule has 90 valence electrons. The first-order valence-corrected chi connectivity index (χ1v) is 8.06. The molecule has 0 aliphatic carbocycles. The van der Waals surface area contributed by atoms with Crippen LogP contribution in [0, 0.1) is 0 Å². The molecule has 0 unspecified atom stereocenters. The maximum absolute atomic E-state index is 5.94. The lowest BCUT2D eigenvalue weighted by Crippen LogP contribution is -1.76. The Bertz CT molecular complexity index is 672. The van der Waals surface area contributed by atoms with Crippen molar-refractivity contribution in [3.63, 3.8) is 0 Å². The summed E-state index contributed by atoms with van der Waals surface area (Å²) in [4.78, 5) is 5.76. The summed E-state index contributed by atoms with van der Waals surface area (Å²) in [6, 6.07) is 12.1. The maximum Gasteiger partial charge on any atom is 0.124 e. The van der Waals surface area contributed by atoms with E-state index in [-0.39, 0.29) is 0 Å². The van der Waals surface area contributed by atoms with E-state index in [0.717, 1.165) is 30.0 Å². The topological polar surface area (TPSA) is 12.9 Å². The van der Waals surface area contributed by atoms with Crippen molar-refractivity contribution in [3.8, 4) is 21.1 Å². The van der Waals surface area contributed by atoms with Crippen molar-refractivity contribution >= 4 is 50.2 Å². The monoisotopic (exact) mass is 355 g/mol. The van der Waals surface area contributed by atoms with Crippen LogP contribution in [-0.2, 0) is 0 Å². The van der Waals surface area contributed by atoms with E-state index in [0.29, 0.717) is 0 Å². The molecule has 0 spiro atoms. The molecule has 0 saturated carbocycles. The summed E-state index contributed by atoms with van der Waals surface area (Å²) in [5, 5.41) is 3.10. The van der Waals surface area contributed by atoms with Crippen LogP contribution < -0.4 is 0 Å². The molecule has 0 radical (unpaired) electrons. The van der Waals surface area contributed by atoms with Crippen LogP contribution in [0.1, 0.15) is 0 Å². The Labute approximate surface area is 126 Å². The molecule has 0 bridgehead atoms. The van der Waals surface area contributed by atoms with Gasteiger partial charge in [-0.05, 0) is 24.3 Å². The highest BCUT2D eigenvalue weighted by atomic mass is 79.9. The second-order valence-corrected chi connectivity index (χ2v) is 7.14. The van der Waals surface area contributed by atoms with Crippen LogP contribution in [0.15, 0.2) is 46.3 Å². The van der Waals surface area contributed by atoms with E-state index >= 15 is 0 Å². The molecule has 1 aromatic carbocycles. The molecular weight excluding hydrogens is 350 g/mol. The number of hydrogen-bond donors (Lipinski definition) is 0. The number of thiazole rings is 1. The van der Waals surface area contributed by atoms with E-state index in [4.69, 9.17) is 11.6 Å². The van der Waals surface area contributed by atoms with Crippen molar-refractivity contribution < 1.29 is 0 Å². The molecule has 18 heavy (non-hydrogen) atoms. The molecule has 2 aromatic heterocycles. The minimum absolute atomic E-state index is 0.795. The van der Waals surface area contributed by atoms with Gasteiger partial charge in [-0.25, -0.2) is 4.98 Å². The second-order valence-electron chi connectivity index (χ2n) is 3.65. The summed E-state index contributed by atoms with van der Waals surface area (Å²) in [7, 11) is 0. The zero-order valence-electron chi connectivity index (χ0n) is 9.06. The molecule has 3 rings (SSSR count). The SMILES string of the molecule is Clc1ccc(-c2csc(-c3ccc(Br)cc3)n2)s1. The van der Waals surface area contributed by atoms with E-state index < -0.39 is 0 Å². The number of rotatable bonds is 2. The average molecular weight is 357 g/mol. The zero-order valence-corrected chi connectivity index (χ0v) is 13.0. The van der Waals surface area contributed by atoms with Crippen molar-refractivity contribution in [2.45, 2.75) is 0 Å². The second kappa shape index (κ2) is 5.13. The van der Waals surface area contributed by atoms with Crippen LogP contribution in [0.4, 0.5) is 0 Å². The number of thiophene rings is 1. The number of hydrogen-bond acceptors (Lipinski definition) is 3. The molecule has 0 fully saturated rings. The Morgan fingerprint density at radius 1 is 1.06 bits per heavy atom. The fourth-order valence-corrected chi connectivity index (χ4v) is 3.73. The molecule has 5 heteroatoms. The van der Waals surface area contributed by atoms with Crippen LogP contribution >= 0.6 is 50.2 Å². The molecule has 0 N–H and O–H groups in total. The highest BCUT2D eigenvalue weighted by molar-refractivity contribution is 9.10. The van der Waals surface area contributed by atoms with Crippen molar-refractivity contribution in [1.29, 1.82) is 0 Å². The third kappa shape index (κ3) is 2.52. The summed E-state index contributed by atoms with van der Waals surface area (Å²) in [5.74, 6) is 0. The van der Waals surface area contributed by atoms with Gasteiger partial charge >= 0.3 is 0 Å². The van der Waals surface area contributed by atoms with Crippen molar-refractivity contribution in [2.24, 2.45) is 0 Å². The van der Waals surface area contributed by atoms with Crippen LogP contribution in [0.2, 0.25) is 4.34 Å². The van der Waals surface area contributed by atoms with Gasteiger partial charge in [-0.3, -0.25) is 0 Å². The lowest BCUT2D eigenvalue weighted by molar-refractivity contribution is 1.42. The summed E-state index contributed by atoms with van der Waals surface area (Å²) < 4.78 is 1.87. The van der Waals surface area contributed by atoms with Crippen LogP contribution in [0.25, 0.3) is 21.1 Å². The van der Waals surface area contributed by atoms with Gasteiger partial charge < -0.3 is 0 Å². The van der Waals surface area contributed by atoms with Gasteiger partial charge in [0.2, 0.25) is 0 Å². The van der Waals surface area contributed by atoms with E-state index in [1.54, 1.807) is 22.7 Å². The van der Waals surface area contributed by atoms with Gasteiger partial charge in [0.1, 0.15) is 5.01 Å². The van der Waals surface area contributed by atoms with E-state index in [2.05, 4.69) is 38.4 Å². The Morgan fingerprint density at radius 2 is 1.83 bits per heavy atom. The normalized spacial score (nSPS) is 10.8. The van der Waals surface area contributed by atoms with Gasteiger partial charge in [-0.2, -0.15) is 0 Å². The summed E-state index contributed by atoms with van der Waals surface area (Å²) in [6.45, 7) is 0. The highest BCUT2D eigenvalue weighted by Gasteiger charge is 2.08. The predicted molar refractivity (Wildman–Crippen MR) is 83.6 cm³/mol. The van der Waals surface area contributed by atoms with Crippen LogP contribution in [-0.4, -0.2) is 4.98 Å². The average Bonchev–Trinajstić information content (AvgIpc) is 2.98. The number of aromatic nitrogens is 1. The third-order valence-electron chi connectivity index (χ3n) is 2.42. The predicted octanol–water partition coefficient (Wildman–Crippen LogP) is 5.95. The first-order valence-electron chi connectivity index (χ1n) is 5.19. The number of halogens is 2. The van der Waals surface area contributed by atoms with E-state index in [9.17, 15) is 0 Å². The van der Waals surface area contributed by atoms with E-state index in [1.165, 1.54) is 0 Å². The largest absolute Gasteiger partial charge is 0.235 e. The van der Waals surface area contributed by atoms with Crippen molar-refractivity contribution in [1.82, 2.24) is 4.98 Å². The van der Waals surface area contributed by atoms with Crippen molar-refractivity contribution in [3.05, 3.63) is 50.6 Å². The van der Waals surface area contributed by atoms with Gasteiger partial charge in [0.05, 0.1) is 14.9 Å². The number of benzene rings is 1. The van der Waals surface area contributed by atoms with Gasteiger partial charge in [-0.15, -0.1) is 22.7 Å². The molecule has 3 aromatic rings. The first kappa shape index (κ1) is 12.4. The highest BCUT2D eigenvalue weighted by Crippen LogP contribution is 2.34. The van der Waals surface area contributed by atoms with Crippen LogP contribution in [0.5, 0.6) is 0 Å². The standard InChI is InChI=1S/C13H7BrClNS2/c14-9-3-1-8(2-4-9)13-16-10(7-17-13)11-5-6-12(15)18-11/h1-7H. The van der Waals surface area contributed by atoms with Gasteiger partial charge in [0.25, 0.3) is 0 Å². The Balaban J connectivity index is 1.96. The fraction of sp³-hybridized carbons (Fsp3) is 0. The van der Waals surface area contributed by atoms with Gasteiger partial charge in [0.15, 0.2) is 0 Å². The molecule has 0 aliphatic rings. The molecule has 0 aliphatic heterocycles. The number of nitrogens with zero attached hydrogens (tertiary/aromatic N) is 1. The summed E-state index contributed by atoms with van der Waals surface area (Å²) in [6.07, 6.45) is 0. The molecule has 0 amide bonds. The first-order chi connectivity index (χ1) is 8.72. The van der Waals surface area contributed by atoms with Gasteiger partial charge in [-0.1, -0.05) is 39.7 Å². The minimum atomic E-state index is 0.795. The lowest BCUT2D eigenvalue weighted by atomic mass is 10.2. The third-order valence-corrected chi connectivity index (χ3v) is 5.09. The Hall–Kier alpha value is -0.680. The smallest absolute Gasteiger partial charge is 0.124 e.